The fraction of sp³-hybridized carbons (Fsp3) is 0.154. The average molecular weight is 480 g/mol. The van der Waals surface area contributed by atoms with Gasteiger partial charge in [-0.05, 0) is 73.6 Å². The van der Waals surface area contributed by atoms with Gasteiger partial charge in [0.25, 0.3) is 0 Å². The number of benzene rings is 3. The molecule has 0 saturated carbocycles. The molecule has 0 atom stereocenters. The van der Waals surface area contributed by atoms with E-state index in [2.05, 4.69) is 27.3 Å². The number of carbonyl (C=O) groups excluding carboxylic acids is 1. The summed E-state index contributed by atoms with van der Waals surface area (Å²) in [5.74, 6) is -0.149. The number of pyridine rings is 1. The van der Waals surface area contributed by atoms with Crippen LogP contribution in [-0.4, -0.2) is 41.9 Å². The van der Waals surface area contributed by atoms with Crippen LogP contribution < -0.4 is 5.32 Å². The fourth-order valence-electron chi connectivity index (χ4n) is 3.65. The van der Waals surface area contributed by atoms with E-state index in [4.69, 9.17) is 23.2 Å². The van der Waals surface area contributed by atoms with E-state index in [1.807, 2.05) is 44.4 Å². The van der Waals surface area contributed by atoms with Gasteiger partial charge in [-0.2, -0.15) is 0 Å². The number of phenolic OH excluding ortho intramolecular Hbond substituents is 1. The molecule has 4 rings (SSSR count). The summed E-state index contributed by atoms with van der Waals surface area (Å²) in [7, 11) is 4.10. The van der Waals surface area contributed by atoms with Crippen LogP contribution in [0.4, 0.5) is 11.4 Å². The molecule has 5 nitrogen and oxygen atoms in total. The molecule has 0 saturated heterocycles. The van der Waals surface area contributed by atoms with Gasteiger partial charge in [-0.3, -0.25) is 9.78 Å². The number of likely N-dealkylation sites (N-methyl/N-ethyl adjacent to an activating group) is 1. The molecule has 1 heterocycles. The molecular weight excluding hydrogens is 457 g/mol. The summed E-state index contributed by atoms with van der Waals surface area (Å²) in [6.45, 7) is 0.947. The van der Waals surface area contributed by atoms with Crippen molar-refractivity contribution in [2.24, 2.45) is 0 Å². The Morgan fingerprint density at radius 1 is 1.03 bits per heavy atom. The third kappa shape index (κ3) is 5.11. The van der Waals surface area contributed by atoms with Crippen molar-refractivity contribution < 1.29 is 9.90 Å². The standard InChI is InChI=1S/C26H23Cl2N3O2/c1-31(2)9-8-16-4-3-5-20(10-16)30-25-19(15-32)14-29-24-7-6-17(11-21(24)25)18-12-22(27)26(33)23(28)13-18/h3-7,10-15,33H,8-9H2,1-2H3,(H,29,30). The van der Waals surface area contributed by atoms with Crippen molar-refractivity contribution in [3.63, 3.8) is 0 Å². The average Bonchev–Trinajstić information content (AvgIpc) is 2.81. The number of hydrogen-bond donors (Lipinski definition) is 2. The lowest BCUT2D eigenvalue weighted by atomic mass is 10.0. The van der Waals surface area contributed by atoms with Gasteiger partial charge in [0, 0.05) is 23.8 Å². The smallest absolute Gasteiger partial charge is 0.153 e. The molecule has 0 fully saturated rings. The number of hydrogen-bond acceptors (Lipinski definition) is 5. The molecule has 1 aromatic heterocycles. The second-order valence-corrected chi connectivity index (χ2v) is 8.92. The molecule has 33 heavy (non-hydrogen) atoms. The first-order valence-corrected chi connectivity index (χ1v) is 11.2. The molecule has 3 aromatic carbocycles. The summed E-state index contributed by atoms with van der Waals surface area (Å²) in [6, 6.07) is 17.2. The lowest BCUT2D eigenvalue weighted by Crippen LogP contribution is -2.15. The summed E-state index contributed by atoms with van der Waals surface area (Å²) in [5, 5.41) is 14.5. The number of aromatic nitrogens is 1. The zero-order valence-corrected chi connectivity index (χ0v) is 19.8. The number of nitrogens with zero attached hydrogens (tertiary/aromatic N) is 2. The number of aldehydes is 1. The van der Waals surface area contributed by atoms with Crippen LogP contribution in [0.1, 0.15) is 15.9 Å². The van der Waals surface area contributed by atoms with Crippen molar-refractivity contribution in [1.82, 2.24) is 9.88 Å². The minimum Gasteiger partial charge on any atom is -0.505 e. The highest BCUT2D eigenvalue weighted by molar-refractivity contribution is 6.37. The Morgan fingerprint density at radius 3 is 2.48 bits per heavy atom. The van der Waals surface area contributed by atoms with Crippen molar-refractivity contribution in [3.05, 3.63) is 82.0 Å². The summed E-state index contributed by atoms with van der Waals surface area (Å²) in [4.78, 5) is 18.4. The molecular formula is C26H23Cl2N3O2. The maximum Gasteiger partial charge on any atom is 0.153 e. The maximum atomic E-state index is 11.8. The Bertz CT molecular complexity index is 1320. The lowest BCUT2D eigenvalue weighted by Gasteiger charge is -2.15. The molecule has 0 unspecified atom stereocenters. The molecule has 0 amide bonds. The maximum absolute atomic E-state index is 11.8. The topological polar surface area (TPSA) is 65.5 Å². The molecule has 0 spiro atoms. The van der Waals surface area contributed by atoms with Crippen molar-refractivity contribution >= 4 is 51.8 Å². The summed E-state index contributed by atoms with van der Waals surface area (Å²) in [6.07, 6.45) is 3.29. The normalized spacial score (nSPS) is 11.2. The van der Waals surface area contributed by atoms with Gasteiger partial charge in [-0.15, -0.1) is 0 Å². The second kappa shape index (κ2) is 9.79. The van der Waals surface area contributed by atoms with Gasteiger partial charge >= 0.3 is 0 Å². The number of aromatic hydroxyl groups is 1. The van der Waals surface area contributed by atoms with E-state index in [1.54, 1.807) is 18.3 Å². The van der Waals surface area contributed by atoms with E-state index < -0.39 is 0 Å². The first-order chi connectivity index (χ1) is 15.9. The molecule has 0 bridgehead atoms. The predicted molar refractivity (Wildman–Crippen MR) is 136 cm³/mol. The van der Waals surface area contributed by atoms with Crippen molar-refractivity contribution in [2.75, 3.05) is 26.0 Å². The number of rotatable bonds is 7. The van der Waals surface area contributed by atoms with E-state index >= 15 is 0 Å². The highest BCUT2D eigenvalue weighted by atomic mass is 35.5. The number of nitrogens with one attached hydrogen (secondary N) is 1. The zero-order chi connectivity index (χ0) is 23.5. The fourth-order valence-corrected chi connectivity index (χ4v) is 4.14. The van der Waals surface area contributed by atoms with Crippen LogP contribution in [0, 0.1) is 0 Å². The van der Waals surface area contributed by atoms with E-state index in [-0.39, 0.29) is 15.8 Å². The Kier molecular flexibility index (Phi) is 6.84. The van der Waals surface area contributed by atoms with Crippen molar-refractivity contribution in [2.45, 2.75) is 6.42 Å². The molecule has 2 N–H and O–H groups in total. The minimum atomic E-state index is -0.149. The first kappa shape index (κ1) is 23.1. The van der Waals surface area contributed by atoms with Gasteiger partial charge in [-0.1, -0.05) is 41.4 Å². The van der Waals surface area contributed by atoms with Gasteiger partial charge in [0.05, 0.1) is 26.8 Å². The number of carbonyl (C=O) groups is 1. The third-order valence-electron chi connectivity index (χ3n) is 5.42. The number of phenols is 1. The summed E-state index contributed by atoms with van der Waals surface area (Å²) >= 11 is 12.3. The Labute approximate surface area is 202 Å². The SMILES string of the molecule is CN(C)CCc1cccc(Nc2c(C=O)cnc3ccc(-c4cc(Cl)c(O)c(Cl)c4)cc23)c1. The number of halogens is 2. The van der Waals surface area contributed by atoms with Crippen LogP contribution in [-0.2, 0) is 6.42 Å². The Morgan fingerprint density at radius 2 is 1.79 bits per heavy atom. The predicted octanol–water partition coefficient (Wildman–Crippen LogP) is 6.57. The van der Waals surface area contributed by atoms with E-state index in [0.717, 1.165) is 47.0 Å². The monoisotopic (exact) mass is 479 g/mol. The van der Waals surface area contributed by atoms with Crippen molar-refractivity contribution in [1.29, 1.82) is 0 Å². The van der Waals surface area contributed by atoms with Crippen LogP contribution >= 0.6 is 23.2 Å². The highest BCUT2D eigenvalue weighted by Crippen LogP contribution is 2.38. The molecule has 0 aliphatic rings. The quantitative estimate of drug-likeness (QED) is 0.293. The molecule has 7 heteroatoms. The van der Waals surface area contributed by atoms with Gasteiger partial charge < -0.3 is 15.3 Å². The Balaban J connectivity index is 1.78. The van der Waals surface area contributed by atoms with Crippen LogP contribution in [0.15, 0.2) is 60.8 Å². The van der Waals surface area contributed by atoms with E-state index in [1.165, 1.54) is 5.56 Å². The van der Waals surface area contributed by atoms with Gasteiger partial charge in [0.1, 0.15) is 0 Å². The summed E-state index contributed by atoms with van der Waals surface area (Å²) in [5.41, 5.74) is 5.55. The van der Waals surface area contributed by atoms with Crippen LogP contribution in [0.3, 0.4) is 0 Å². The van der Waals surface area contributed by atoms with Crippen LogP contribution in [0.5, 0.6) is 5.75 Å². The van der Waals surface area contributed by atoms with Crippen molar-refractivity contribution in [3.8, 4) is 16.9 Å². The number of fused-ring (bicyclic) bond motifs is 1. The third-order valence-corrected chi connectivity index (χ3v) is 5.99. The van der Waals surface area contributed by atoms with E-state index in [0.29, 0.717) is 11.3 Å². The van der Waals surface area contributed by atoms with Crippen LogP contribution in [0.2, 0.25) is 10.0 Å². The molecule has 0 aliphatic heterocycles. The van der Waals surface area contributed by atoms with Gasteiger partial charge in [-0.25, -0.2) is 0 Å². The van der Waals surface area contributed by atoms with Gasteiger partial charge in [0.15, 0.2) is 12.0 Å². The van der Waals surface area contributed by atoms with E-state index in [9.17, 15) is 9.90 Å². The zero-order valence-electron chi connectivity index (χ0n) is 18.3. The summed E-state index contributed by atoms with van der Waals surface area (Å²) < 4.78 is 0. The Hall–Kier alpha value is -3.12. The molecule has 4 aromatic rings. The second-order valence-electron chi connectivity index (χ2n) is 8.11. The molecule has 168 valence electrons. The minimum absolute atomic E-state index is 0.149. The number of anilines is 2. The molecule has 0 aliphatic carbocycles. The first-order valence-electron chi connectivity index (χ1n) is 10.4. The largest absolute Gasteiger partial charge is 0.505 e. The van der Waals surface area contributed by atoms with Crippen LogP contribution in [0.25, 0.3) is 22.0 Å². The van der Waals surface area contributed by atoms with Gasteiger partial charge in [0.2, 0.25) is 0 Å². The highest BCUT2D eigenvalue weighted by Gasteiger charge is 2.13. The lowest BCUT2D eigenvalue weighted by molar-refractivity contribution is 0.112. The molecule has 0 radical (unpaired) electrons.